The summed E-state index contributed by atoms with van der Waals surface area (Å²) >= 11 is 4.21. The van der Waals surface area contributed by atoms with Gasteiger partial charge >= 0.3 is 35.9 Å². The van der Waals surface area contributed by atoms with Crippen molar-refractivity contribution in [1.82, 2.24) is 26.6 Å². The van der Waals surface area contributed by atoms with Crippen LogP contribution in [0.3, 0.4) is 0 Å². The van der Waals surface area contributed by atoms with Gasteiger partial charge in [0.25, 0.3) is 0 Å². The maximum absolute atomic E-state index is 12.9. The average molecular weight is 916 g/mol. The molecule has 0 saturated carbocycles. The van der Waals surface area contributed by atoms with Crippen LogP contribution in [0.5, 0.6) is 0 Å². The van der Waals surface area contributed by atoms with E-state index < -0.39 is 115 Å². The molecule has 0 bridgehead atoms. The molecule has 346 valence electrons. The minimum Gasteiger partial charge on any atom is -0.481 e. The van der Waals surface area contributed by atoms with Crippen molar-refractivity contribution in [1.29, 1.82) is 0 Å². The molecular weight excluding hydrogens is 867 g/mol. The maximum Gasteiger partial charge on any atom is 0.407 e. The number of rotatable bonds is 28. The number of fused-ring (bicyclic) bond motifs is 3. The molecule has 23 heteroatoms. The van der Waals surface area contributed by atoms with Crippen LogP contribution in [-0.2, 0) is 52.7 Å². The second kappa shape index (κ2) is 25.2. The molecule has 0 spiro atoms. The van der Waals surface area contributed by atoms with Gasteiger partial charge in [-0.25, -0.2) is 24.0 Å². The number of aliphatic carboxylic acids is 5. The fourth-order valence-electron chi connectivity index (χ4n) is 6.68. The summed E-state index contributed by atoms with van der Waals surface area (Å²) in [4.78, 5) is 133. The summed E-state index contributed by atoms with van der Waals surface area (Å²) in [5, 5.41) is 56.6. The summed E-state index contributed by atoms with van der Waals surface area (Å²) in [6.45, 7) is 0.0686. The summed E-state index contributed by atoms with van der Waals surface area (Å²) in [5.74, 6) is -13.5. The van der Waals surface area contributed by atoms with Crippen LogP contribution in [0.4, 0.5) is 4.79 Å². The zero-order valence-corrected chi connectivity index (χ0v) is 35.0. The number of unbranched alkanes of at least 4 members (excludes halogenated alkanes) is 3. The zero-order valence-electron chi connectivity index (χ0n) is 34.2. The Balaban J connectivity index is 1.37. The van der Waals surface area contributed by atoms with Crippen molar-refractivity contribution < 1.29 is 83.0 Å². The van der Waals surface area contributed by atoms with E-state index in [-0.39, 0.29) is 43.3 Å². The largest absolute Gasteiger partial charge is 0.481 e. The van der Waals surface area contributed by atoms with Crippen molar-refractivity contribution in [2.24, 2.45) is 0 Å². The zero-order chi connectivity index (χ0) is 47.5. The van der Waals surface area contributed by atoms with Gasteiger partial charge in [0.05, 0.1) is 31.7 Å². The van der Waals surface area contributed by atoms with Crippen LogP contribution < -0.4 is 26.6 Å². The summed E-state index contributed by atoms with van der Waals surface area (Å²) in [6.07, 6.45) is -3.41. The Bertz CT molecular complexity index is 2050. The lowest BCUT2D eigenvalue weighted by molar-refractivity contribution is -0.148. The van der Waals surface area contributed by atoms with E-state index in [9.17, 15) is 68.1 Å². The van der Waals surface area contributed by atoms with Crippen LogP contribution >= 0.6 is 12.6 Å². The van der Waals surface area contributed by atoms with Gasteiger partial charge in [-0.3, -0.25) is 28.8 Å². The summed E-state index contributed by atoms with van der Waals surface area (Å²) in [6, 6.07) is 6.99. The number of carboxylic acids is 5. The third kappa shape index (κ3) is 16.3. The number of carbonyl (C=O) groups is 11. The van der Waals surface area contributed by atoms with Crippen LogP contribution in [0.15, 0.2) is 48.5 Å². The monoisotopic (exact) mass is 915 g/mol. The number of carboxylic acid groups (broad SMARTS) is 5. The van der Waals surface area contributed by atoms with Gasteiger partial charge in [-0.05, 0) is 35.1 Å². The molecule has 1 aliphatic rings. The number of thiol groups is 1. The number of nitrogens with one attached hydrogen (secondary N) is 5. The molecule has 22 nitrogen and oxygen atoms in total. The standard InChI is InChI=1S/C41H49N5O17S/c47-31(30(20-64)46-41(62)63-19-25-23-11-7-5-9-21(23)22-10-6-8-12-24(22)25)13-3-1-2-4-14-32(48)42-26(37(54)55)15-33(49)43-27(38(56)57)16-34(50)44-28(39(58)59)17-35(51)45-29(40(60)61)18-36(52)53/h5-12,25-30,64H,1-4,13-20H2,(H,42,48)(H,43,49)(H,44,50)(H,45,51)(H,46,62)(H,52,53)(H,54,55)(H,56,57)(H,58,59)(H,60,61). The van der Waals surface area contributed by atoms with Crippen LogP contribution in [0, 0.1) is 0 Å². The molecule has 0 fully saturated rings. The van der Waals surface area contributed by atoms with Crippen molar-refractivity contribution in [3.8, 4) is 11.1 Å². The Labute approximate surface area is 370 Å². The van der Waals surface area contributed by atoms with Crippen molar-refractivity contribution >= 4 is 78.0 Å². The minimum atomic E-state index is -2.04. The Morgan fingerprint density at radius 3 is 1.30 bits per heavy atom. The van der Waals surface area contributed by atoms with Gasteiger partial charge in [0.2, 0.25) is 23.6 Å². The fourth-order valence-corrected chi connectivity index (χ4v) is 6.98. The van der Waals surface area contributed by atoms with Crippen molar-refractivity contribution in [2.45, 2.75) is 100 Å². The average Bonchev–Trinajstić information content (AvgIpc) is 3.55. The quantitative estimate of drug-likeness (QED) is 0.0412. The van der Waals surface area contributed by atoms with E-state index in [0.29, 0.717) is 19.3 Å². The van der Waals surface area contributed by atoms with E-state index in [0.717, 1.165) is 22.3 Å². The predicted molar refractivity (Wildman–Crippen MR) is 223 cm³/mol. The number of hydrogen-bond acceptors (Lipinski definition) is 13. The molecule has 0 saturated heterocycles. The van der Waals surface area contributed by atoms with Gasteiger partial charge in [-0.2, -0.15) is 12.6 Å². The Morgan fingerprint density at radius 1 is 0.500 bits per heavy atom. The van der Waals surface area contributed by atoms with Crippen LogP contribution in [0.2, 0.25) is 0 Å². The van der Waals surface area contributed by atoms with Gasteiger partial charge in [0.1, 0.15) is 30.8 Å². The van der Waals surface area contributed by atoms with E-state index in [1.165, 1.54) is 0 Å². The highest BCUT2D eigenvalue weighted by molar-refractivity contribution is 7.80. The normalized spacial score (nSPS) is 13.8. The first kappa shape index (κ1) is 51.3. The molecule has 2 aromatic carbocycles. The lowest BCUT2D eigenvalue weighted by Crippen LogP contribution is -2.51. The van der Waals surface area contributed by atoms with E-state index in [1.807, 2.05) is 59.2 Å². The van der Waals surface area contributed by atoms with Gasteiger partial charge in [-0.1, -0.05) is 61.4 Å². The Morgan fingerprint density at radius 2 is 0.891 bits per heavy atom. The summed E-state index contributed by atoms with van der Waals surface area (Å²) < 4.78 is 5.53. The third-order valence-electron chi connectivity index (χ3n) is 9.86. The molecule has 5 amide bonds. The lowest BCUT2D eigenvalue weighted by Gasteiger charge is -2.19. The summed E-state index contributed by atoms with van der Waals surface area (Å²) in [7, 11) is 0. The SMILES string of the molecule is O=C(O)CC(NC(=O)CC(NC(=O)CC(NC(=O)CC(NC(=O)CCCCCCC(=O)C(CS)NC(=O)OCC1c2ccccc2-c2ccccc21)C(=O)O)C(=O)O)C(=O)O)C(=O)O. The molecule has 1 aliphatic carbocycles. The van der Waals surface area contributed by atoms with E-state index in [4.69, 9.17) is 14.9 Å². The molecular formula is C41H49N5O17S. The Hall–Kier alpha value is -7.04. The molecule has 10 N–H and O–H groups in total. The van der Waals surface area contributed by atoms with Gasteiger partial charge in [0, 0.05) is 24.5 Å². The number of ether oxygens (including phenoxy) is 1. The smallest absolute Gasteiger partial charge is 0.407 e. The molecule has 2 aromatic rings. The van der Waals surface area contributed by atoms with Gasteiger partial charge in [-0.15, -0.1) is 0 Å². The predicted octanol–water partition coefficient (Wildman–Crippen LogP) is 0.656. The Kier molecular flexibility index (Phi) is 20.2. The number of benzene rings is 2. The molecule has 5 atom stereocenters. The highest BCUT2D eigenvalue weighted by Crippen LogP contribution is 2.44. The number of amides is 5. The number of hydrogen-bond donors (Lipinski definition) is 11. The number of carbonyl (C=O) groups excluding carboxylic acids is 6. The maximum atomic E-state index is 12.9. The minimum absolute atomic E-state index is 0.0335. The van der Waals surface area contributed by atoms with E-state index >= 15 is 0 Å². The molecule has 3 rings (SSSR count). The molecule has 5 unspecified atom stereocenters. The van der Waals surface area contributed by atoms with E-state index in [1.54, 1.807) is 5.32 Å². The van der Waals surface area contributed by atoms with Crippen molar-refractivity contribution in [3.63, 3.8) is 0 Å². The van der Waals surface area contributed by atoms with Gasteiger partial charge in [0.15, 0.2) is 5.78 Å². The molecule has 0 aliphatic heterocycles. The van der Waals surface area contributed by atoms with Crippen LogP contribution in [0.25, 0.3) is 11.1 Å². The first-order valence-electron chi connectivity index (χ1n) is 19.9. The first-order valence-corrected chi connectivity index (χ1v) is 20.5. The van der Waals surface area contributed by atoms with Gasteiger partial charge < -0.3 is 56.9 Å². The first-order chi connectivity index (χ1) is 30.3. The van der Waals surface area contributed by atoms with Crippen LogP contribution in [0.1, 0.15) is 81.3 Å². The molecule has 0 radical (unpaired) electrons. The molecule has 0 aromatic heterocycles. The molecule has 64 heavy (non-hydrogen) atoms. The highest BCUT2D eigenvalue weighted by atomic mass is 32.1. The third-order valence-corrected chi connectivity index (χ3v) is 10.2. The summed E-state index contributed by atoms with van der Waals surface area (Å²) in [5.41, 5.74) is 4.21. The van der Waals surface area contributed by atoms with Crippen molar-refractivity contribution in [3.05, 3.63) is 59.7 Å². The lowest BCUT2D eigenvalue weighted by atomic mass is 9.98. The van der Waals surface area contributed by atoms with E-state index in [2.05, 4.69) is 23.3 Å². The second-order valence-electron chi connectivity index (χ2n) is 14.6. The highest BCUT2D eigenvalue weighted by Gasteiger charge is 2.32. The molecule has 0 heterocycles. The topological polar surface area (TPSA) is 358 Å². The van der Waals surface area contributed by atoms with Crippen molar-refractivity contribution in [2.75, 3.05) is 12.4 Å². The number of alkyl carbamates (subject to hydrolysis) is 1. The number of ketones is 1. The fraction of sp³-hybridized carbons (Fsp3) is 0.439. The number of Topliss-reactive ketones (excluding diaryl/α,β-unsaturated/α-hetero) is 1. The van der Waals surface area contributed by atoms with Crippen LogP contribution in [-0.4, -0.2) is 133 Å². The second-order valence-corrected chi connectivity index (χ2v) is 15.0.